The van der Waals surface area contributed by atoms with Crippen LogP contribution in [-0.4, -0.2) is 32.6 Å². The van der Waals surface area contributed by atoms with Gasteiger partial charge in [0.1, 0.15) is 0 Å². The number of non-ortho nitro benzene ring substituents is 1. The minimum Gasteiger partial charge on any atom is -0.380 e. The molecule has 0 bridgehead atoms. The first-order valence-electron chi connectivity index (χ1n) is 9.85. The highest BCUT2D eigenvalue weighted by molar-refractivity contribution is 6.00. The number of nitrogens with one attached hydrogen (secondary N) is 2. The summed E-state index contributed by atoms with van der Waals surface area (Å²) in [7, 11) is 1.48. The van der Waals surface area contributed by atoms with E-state index in [4.69, 9.17) is 5.10 Å². The number of hydrogen-bond acceptors (Lipinski definition) is 6. The summed E-state index contributed by atoms with van der Waals surface area (Å²) in [6.07, 6.45) is 5.32. The van der Waals surface area contributed by atoms with E-state index in [0.717, 1.165) is 22.5 Å². The first-order chi connectivity index (χ1) is 15.6. The van der Waals surface area contributed by atoms with E-state index < -0.39 is 10.8 Å². The molecular weight excluding hydrogens is 408 g/mol. The highest BCUT2D eigenvalue weighted by Crippen LogP contribution is 2.26. The third-order valence-corrected chi connectivity index (χ3v) is 4.92. The number of nitro benzene ring substituents is 1. The Morgan fingerprint density at radius 1 is 1.09 bits per heavy atom. The molecule has 160 valence electrons. The maximum absolute atomic E-state index is 12.3. The van der Waals surface area contributed by atoms with Crippen molar-refractivity contribution in [2.45, 2.75) is 6.54 Å². The minimum absolute atomic E-state index is 0.150. The summed E-state index contributed by atoms with van der Waals surface area (Å²) in [5.41, 5.74) is 4.01. The standard InChI is InChI=1S/C23H20N6O3/c1-24-23(30)20-13-19(29(31)32)7-8-21(20)26-14-17-15-28(18-5-3-2-4-6-18)27-22(17)16-9-11-25-12-10-16/h2-13,15,26H,14H2,1H3,(H,24,30). The number of benzene rings is 2. The van der Waals surface area contributed by atoms with Crippen LogP contribution >= 0.6 is 0 Å². The lowest BCUT2D eigenvalue weighted by Crippen LogP contribution is -2.20. The number of hydrogen-bond donors (Lipinski definition) is 2. The second-order valence-corrected chi connectivity index (χ2v) is 6.94. The van der Waals surface area contributed by atoms with Crippen LogP contribution in [0.1, 0.15) is 15.9 Å². The van der Waals surface area contributed by atoms with Crippen LogP contribution < -0.4 is 10.6 Å². The molecule has 2 heterocycles. The normalized spacial score (nSPS) is 10.5. The van der Waals surface area contributed by atoms with Crippen molar-refractivity contribution in [3.8, 4) is 16.9 Å². The van der Waals surface area contributed by atoms with Gasteiger partial charge in [-0.25, -0.2) is 4.68 Å². The Labute approximate surface area is 183 Å². The fraction of sp³-hybridized carbons (Fsp3) is 0.0870. The predicted molar refractivity (Wildman–Crippen MR) is 121 cm³/mol. The van der Waals surface area contributed by atoms with Gasteiger partial charge >= 0.3 is 0 Å². The molecule has 2 aromatic carbocycles. The topological polar surface area (TPSA) is 115 Å². The SMILES string of the molecule is CNC(=O)c1cc([N+](=O)[O-])ccc1NCc1cn(-c2ccccc2)nc1-c1ccncc1. The van der Waals surface area contributed by atoms with Crippen molar-refractivity contribution in [3.05, 3.63) is 100 Å². The van der Waals surface area contributed by atoms with Crippen molar-refractivity contribution in [3.63, 3.8) is 0 Å². The number of pyridine rings is 1. The number of anilines is 1. The zero-order valence-corrected chi connectivity index (χ0v) is 17.2. The molecule has 0 aliphatic rings. The largest absolute Gasteiger partial charge is 0.380 e. The number of aromatic nitrogens is 3. The van der Waals surface area contributed by atoms with Crippen molar-refractivity contribution in [2.24, 2.45) is 0 Å². The van der Waals surface area contributed by atoms with Crippen molar-refractivity contribution < 1.29 is 9.72 Å². The number of nitrogens with zero attached hydrogens (tertiary/aromatic N) is 4. The smallest absolute Gasteiger partial charge is 0.270 e. The van der Waals surface area contributed by atoms with Gasteiger partial charge in [-0.2, -0.15) is 5.10 Å². The van der Waals surface area contributed by atoms with E-state index >= 15 is 0 Å². The highest BCUT2D eigenvalue weighted by Gasteiger charge is 2.17. The monoisotopic (exact) mass is 428 g/mol. The van der Waals surface area contributed by atoms with E-state index in [2.05, 4.69) is 15.6 Å². The van der Waals surface area contributed by atoms with Crippen LogP contribution in [0.4, 0.5) is 11.4 Å². The van der Waals surface area contributed by atoms with Crippen LogP contribution in [0.2, 0.25) is 0 Å². The van der Waals surface area contributed by atoms with Crippen molar-refractivity contribution in [2.75, 3.05) is 12.4 Å². The lowest BCUT2D eigenvalue weighted by atomic mass is 10.1. The summed E-state index contributed by atoms with van der Waals surface area (Å²) in [6, 6.07) is 17.7. The predicted octanol–water partition coefficient (Wildman–Crippen LogP) is 3.81. The van der Waals surface area contributed by atoms with E-state index in [-0.39, 0.29) is 11.3 Å². The zero-order chi connectivity index (χ0) is 22.5. The maximum atomic E-state index is 12.3. The number of rotatable bonds is 7. The van der Waals surface area contributed by atoms with Gasteiger partial charge in [0.05, 0.1) is 21.9 Å². The summed E-state index contributed by atoms with van der Waals surface area (Å²) in [5, 5.41) is 21.6. The average Bonchev–Trinajstić information content (AvgIpc) is 3.27. The van der Waals surface area contributed by atoms with Gasteiger partial charge in [-0.05, 0) is 30.3 Å². The summed E-state index contributed by atoms with van der Waals surface area (Å²) in [6.45, 7) is 0.353. The Balaban J connectivity index is 1.70. The van der Waals surface area contributed by atoms with Gasteiger partial charge in [0.25, 0.3) is 11.6 Å². The van der Waals surface area contributed by atoms with Crippen molar-refractivity contribution in [1.29, 1.82) is 0 Å². The number of carbonyl (C=O) groups is 1. The first-order valence-corrected chi connectivity index (χ1v) is 9.85. The van der Waals surface area contributed by atoms with Gasteiger partial charge in [0.2, 0.25) is 0 Å². The van der Waals surface area contributed by atoms with Crippen LogP contribution in [0.3, 0.4) is 0 Å². The van der Waals surface area contributed by atoms with Gasteiger partial charge in [-0.15, -0.1) is 0 Å². The maximum Gasteiger partial charge on any atom is 0.270 e. The Bertz CT molecular complexity index is 1260. The van der Waals surface area contributed by atoms with E-state index in [1.165, 1.54) is 25.2 Å². The van der Waals surface area contributed by atoms with E-state index in [9.17, 15) is 14.9 Å². The lowest BCUT2D eigenvalue weighted by Gasteiger charge is -2.11. The van der Waals surface area contributed by atoms with Gasteiger partial charge in [0.15, 0.2) is 0 Å². The molecule has 0 unspecified atom stereocenters. The van der Waals surface area contributed by atoms with Crippen LogP contribution in [-0.2, 0) is 6.54 Å². The van der Waals surface area contributed by atoms with Crippen molar-refractivity contribution >= 4 is 17.3 Å². The number of para-hydroxylation sites is 1. The molecule has 0 spiro atoms. The molecule has 0 saturated heterocycles. The molecule has 0 fully saturated rings. The molecule has 0 aliphatic heterocycles. The van der Waals surface area contributed by atoms with Gasteiger partial charge in [-0.3, -0.25) is 19.9 Å². The fourth-order valence-electron chi connectivity index (χ4n) is 3.32. The Morgan fingerprint density at radius 3 is 2.53 bits per heavy atom. The molecule has 2 aromatic heterocycles. The molecule has 0 saturated carbocycles. The molecule has 0 atom stereocenters. The second kappa shape index (κ2) is 9.09. The number of carbonyl (C=O) groups excluding carboxylic acids is 1. The second-order valence-electron chi connectivity index (χ2n) is 6.94. The quantitative estimate of drug-likeness (QED) is 0.342. The summed E-state index contributed by atoms with van der Waals surface area (Å²) >= 11 is 0. The molecule has 2 N–H and O–H groups in total. The third kappa shape index (κ3) is 4.31. The van der Waals surface area contributed by atoms with Crippen LogP contribution in [0.5, 0.6) is 0 Å². The summed E-state index contributed by atoms with van der Waals surface area (Å²) < 4.78 is 1.79. The number of amides is 1. The molecule has 32 heavy (non-hydrogen) atoms. The molecule has 0 aliphatic carbocycles. The lowest BCUT2D eigenvalue weighted by molar-refractivity contribution is -0.384. The highest BCUT2D eigenvalue weighted by atomic mass is 16.6. The molecule has 4 rings (SSSR count). The van der Waals surface area contributed by atoms with Crippen LogP contribution in [0, 0.1) is 10.1 Å². The van der Waals surface area contributed by atoms with Crippen LogP contribution in [0.15, 0.2) is 79.3 Å². The molecule has 9 heteroatoms. The number of nitro groups is 1. The fourth-order valence-corrected chi connectivity index (χ4v) is 3.32. The van der Waals surface area contributed by atoms with E-state index in [0.29, 0.717) is 12.2 Å². The Hall–Kier alpha value is -4.53. The molecule has 9 nitrogen and oxygen atoms in total. The van der Waals surface area contributed by atoms with Gasteiger partial charge in [-0.1, -0.05) is 18.2 Å². The molecule has 1 amide bonds. The Morgan fingerprint density at radius 2 is 1.84 bits per heavy atom. The van der Waals surface area contributed by atoms with Gasteiger partial charge < -0.3 is 10.6 Å². The zero-order valence-electron chi connectivity index (χ0n) is 17.2. The minimum atomic E-state index is -0.526. The van der Waals surface area contributed by atoms with Crippen molar-refractivity contribution in [1.82, 2.24) is 20.1 Å². The summed E-state index contributed by atoms with van der Waals surface area (Å²) in [4.78, 5) is 27.0. The van der Waals surface area contributed by atoms with E-state index in [1.807, 2.05) is 48.7 Å². The third-order valence-electron chi connectivity index (χ3n) is 4.92. The average molecular weight is 428 g/mol. The molecule has 0 radical (unpaired) electrons. The molecular formula is C23H20N6O3. The van der Waals surface area contributed by atoms with Crippen LogP contribution in [0.25, 0.3) is 16.9 Å². The Kier molecular flexibility index (Phi) is 5.89. The summed E-state index contributed by atoms with van der Waals surface area (Å²) in [5.74, 6) is -0.412. The van der Waals surface area contributed by atoms with E-state index in [1.54, 1.807) is 17.1 Å². The first kappa shape index (κ1) is 20.7. The molecule has 4 aromatic rings. The van der Waals surface area contributed by atoms with Gasteiger partial charge in [0, 0.05) is 61.1 Å².